The van der Waals surface area contributed by atoms with Crippen LogP contribution in [-0.4, -0.2) is 17.5 Å². The lowest BCUT2D eigenvalue weighted by molar-refractivity contribution is 0.278. The molecule has 2 rings (SSSR count). The van der Waals surface area contributed by atoms with Gasteiger partial charge in [0.25, 0.3) is 0 Å². The number of rotatable bonds is 1. The van der Waals surface area contributed by atoms with E-state index in [9.17, 15) is 0 Å². The van der Waals surface area contributed by atoms with Gasteiger partial charge in [0.15, 0.2) is 0 Å². The first-order chi connectivity index (χ1) is 6.29. The summed E-state index contributed by atoms with van der Waals surface area (Å²) in [5, 5.41) is 8.60. The zero-order chi connectivity index (χ0) is 9.26. The number of halogens is 1. The predicted molar refractivity (Wildman–Crippen MR) is 51.3 cm³/mol. The van der Waals surface area contributed by atoms with Gasteiger partial charge < -0.3 is 0 Å². The predicted octanol–water partition coefficient (Wildman–Crippen LogP) is 2.11. The Hall–Kier alpha value is -1.04. The highest BCUT2D eigenvalue weighted by molar-refractivity contribution is 6.13. The molecular formula is C10H9ClN2. The average Bonchev–Trinajstić information content (AvgIpc) is 2.13. The number of nitrogens with zero attached hydrogens (tertiary/aromatic N) is 2. The normalized spacial score (nSPS) is 17.8. The molecule has 2 nitrogen and oxygen atoms in total. The van der Waals surface area contributed by atoms with Crippen molar-refractivity contribution < 1.29 is 0 Å². The summed E-state index contributed by atoms with van der Waals surface area (Å²) in [5.74, 6) is 0.547. The molecule has 66 valence electrons. The molecule has 0 aromatic heterocycles. The van der Waals surface area contributed by atoms with Gasteiger partial charge in [0, 0.05) is 19.0 Å². The first-order valence-corrected chi connectivity index (χ1v) is 4.54. The van der Waals surface area contributed by atoms with Crippen molar-refractivity contribution in [2.24, 2.45) is 0 Å². The van der Waals surface area contributed by atoms with Gasteiger partial charge in [0.05, 0.1) is 11.6 Å². The average molecular weight is 193 g/mol. The van der Waals surface area contributed by atoms with E-state index in [-0.39, 0.29) is 0 Å². The second-order valence-corrected chi connectivity index (χ2v) is 3.74. The van der Waals surface area contributed by atoms with Crippen molar-refractivity contribution in [1.82, 2.24) is 4.42 Å². The second kappa shape index (κ2) is 3.37. The minimum atomic E-state index is 0.547. The van der Waals surface area contributed by atoms with Crippen molar-refractivity contribution in [3.63, 3.8) is 0 Å². The van der Waals surface area contributed by atoms with E-state index in [1.807, 2.05) is 24.3 Å². The molecule has 0 spiro atoms. The topological polar surface area (TPSA) is 27.0 Å². The Morgan fingerprint density at radius 1 is 1.31 bits per heavy atom. The molecule has 1 heterocycles. The van der Waals surface area contributed by atoms with Crippen LogP contribution in [-0.2, 0) is 0 Å². The summed E-state index contributed by atoms with van der Waals surface area (Å²) in [5.41, 5.74) is 1.99. The molecule has 0 bridgehead atoms. The fourth-order valence-electron chi connectivity index (χ4n) is 1.47. The third kappa shape index (κ3) is 1.67. The van der Waals surface area contributed by atoms with Crippen LogP contribution in [0.2, 0.25) is 0 Å². The Balaban J connectivity index is 2.11. The molecule has 1 fully saturated rings. The summed E-state index contributed by atoms with van der Waals surface area (Å²) in [6.45, 7) is 1.82. The van der Waals surface area contributed by atoms with Gasteiger partial charge in [-0.1, -0.05) is 12.1 Å². The Labute approximate surface area is 82.5 Å². The Morgan fingerprint density at radius 2 is 1.92 bits per heavy atom. The van der Waals surface area contributed by atoms with Crippen molar-refractivity contribution in [1.29, 1.82) is 5.26 Å². The molecule has 1 aliphatic heterocycles. The maximum absolute atomic E-state index is 8.60. The number of hydrogen-bond acceptors (Lipinski definition) is 2. The molecular weight excluding hydrogens is 184 g/mol. The van der Waals surface area contributed by atoms with Crippen molar-refractivity contribution >= 4 is 11.8 Å². The van der Waals surface area contributed by atoms with Gasteiger partial charge in [-0.05, 0) is 29.5 Å². The summed E-state index contributed by atoms with van der Waals surface area (Å²) in [6.07, 6.45) is 0. The molecule has 0 N–H and O–H groups in total. The van der Waals surface area contributed by atoms with Crippen LogP contribution >= 0.6 is 11.8 Å². The van der Waals surface area contributed by atoms with E-state index >= 15 is 0 Å². The van der Waals surface area contributed by atoms with Crippen LogP contribution in [0, 0.1) is 11.3 Å². The highest BCUT2D eigenvalue weighted by Gasteiger charge is 2.26. The quantitative estimate of drug-likeness (QED) is 0.638. The van der Waals surface area contributed by atoms with Crippen LogP contribution in [0.25, 0.3) is 0 Å². The second-order valence-electron chi connectivity index (χ2n) is 3.26. The lowest BCUT2D eigenvalue weighted by Crippen LogP contribution is -2.37. The third-order valence-corrected chi connectivity index (χ3v) is 2.62. The van der Waals surface area contributed by atoms with Crippen LogP contribution in [0.5, 0.6) is 0 Å². The third-order valence-electron chi connectivity index (χ3n) is 2.35. The highest BCUT2D eigenvalue weighted by atomic mass is 35.5. The molecule has 1 aromatic rings. The van der Waals surface area contributed by atoms with Gasteiger partial charge in [-0.2, -0.15) is 5.26 Å². The van der Waals surface area contributed by atoms with Crippen LogP contribution in [0.15, 0.2) is 24.3 Å². The SMILES string of the molecule is N#Cc1ccc(C2CN(Cl)C2)cc1. The van der Waals surface area contributed by atoms with E-state index in [2.05, 4.69) is 6.07 Å². The van der Waals surface area contributed by atoms with Crippen molar-refractivity contribution in [3.05, 3.63) is 35.4 Å². The standard InChI is InChI=1S/C10H9ClN2/c11-13-6-10(7-13)9-3-1-8(5-12)2-4-9/h1-4,10H,6-7H2. The summed E-state index contributed by atoms with van der Waals surface area (Å²) >= 11 is 5.73. The lowest BCUT2D eigenvalue weighted by atomic mass is 9.93. The molecule has 0 saturated carbocycles. The van der Waals surface area contributed by atoms with Gasteiger partial charge >= 0.3 is 0 Å². The van der Waals surface area contributed by atoms with Gasteiger partial charge in [0.1, 0.15) is 0 Å². The van der Waals surface area contributed by atoms with Crippen LogP contribution < -0.4 is 0 Å². The van der Waals surface area contributed by atoms with E-state index in [1.165, 1.54) is 5.56 Å². The van der Waals surface area contributed by atoms with E-state index in [0.717, 1.165) is 13.1 Å². The largest absolute Gasteiger partial charge is 0.219 e. The van der Waals surface area contributed by atoms with Gasteiger partial charge in [-0.15, -0.1) is 0 Å². The summed E-state index contributed by atoms with van der Waals surface area (Å²) < 4.78 is 1.77. The smallest absolute Gasteiger partial charge is 0.0991 e. The van der Waals surface area contributed by atoms with E-state index in [0.29, 0.717) is 11.5 Å². The van der Waals surface area contributed by atoms with E-state index < -0.39 is 0 Å². The number of benzene rings is 1. The minimum Gasteiger partial charge on any atom is -0.219 e. The lowest BCUT2D eigenvalue weighted by Gasteiger charge is -2.33. The fraction of sp³-hybridized carbons (Fsp3) is 0.300. The fourth-order valence-corrected chi connectivity index (χ4v) is 1.80. The Kier molecular flexibility index (Phi) is 2.22. The summed E-state index contributed by atoms with van der Waals surface area (Å²) in [6, 6.07) is 9.82. The van der Waals surface area contributed by atoms with Crippen molar-refractivity contribution in [3.8, 4) is 6.07 Å². The first-order valence-electron chi connectivity index (χ1n) is 4.20. The zero-order valence-corrected chi connectivity index (χ0v) is 7.83. The van der Waals surface area contributed by atoms with Crippen LogP contribution in [0.1, 0.15) is 17.0 Å². The molecule has 1 saturated heterocycles. The van der Waals surface area contributed by atoms with E-state index in [1.54, 1.807) is 4.42 Å². The van der Waals surface area contributed by atoms with Crippen LogP contribution in [0.3, 0.4) is 0 Å². The molecule has 0 amide bonds. The monoisotopic (exact) mass is 192 g/mol. The minimum absolute atomic E-state index is 0.547. The molecule has 3 heteroatoms. The Bertz CT molecular complexity index is 333. The molecule has 1 aliphatic rings. The zero-order valence-electron chi connectivity index (χ0n) is 7.07. The van der Waals surface area contributed by atoms with Gasteiger partial charge in [0.2, 0.25) is 0 Å². The summed E-state index contributed by atoms with van der Waals surface area (Å²) in [7, 11) is 0. The molecule has 0 aliphatic carbocycles. The molecule has 1 aromatic carbocycles. The summed E-state index contributed by atoms with van der Waals surface area (Å²) in [4.78, 5) is 0. The van der Waals surface area contributed by atoms with Crippen LogP contribution in [0.4, 0.5) is 0 Å². The molecule has 0 atom stereocenters. The maximum Gasteiger partial charge on any atom is 0.0991 e. The van der Waals surface area contributed by atoms with Gasteiger partial charge in [-0.3, -0.25) is 0 Å². The highest BCUT2D eigenvalue weighted by Crippen LogP contribution is 2.28. The number of hydrogen-bond donors (Lipinski definition) is 0. The molecule has 0 unspecified atom stereocenters. The van der Waals surface area contributed by atoms with Crippen molar-refractivity contribution in [2.45, 2.75) is 5.92 Å². The van der Waals surface area contributed by atoms with E-state index in [4.69, 9.17) is 17.0 Å². The molecule has 13 heavy (non-hydrogen) atoms. The number of nitriles is 1. The Morgan fingerprint density at radius 3 is 2.38 bits per heavy atom. The molecule has 0 radical (unpaired) electrons. The van der Waals surface area contributed by atoms with Gasteiger partial charge in [-0.25, -0.2) is 4.42 Å². The maximum atomic E-state index is 8.60. The first kappa shape index (κ1) is 8.55. The van der Waals surface area contributed by atoms with Crippen molar-refractivity contribution in [2.75, 3.05) is 13.1 Å².